The molecule has 0 spiro atoms. The number of hydrogen-bond donors (Lipinski definition) is 0. The molecule has 5 heteroatoms. The summed E-state index contributed by atoms with van der Waals surface area (Å²) in [5.74, 6) is 0. The zero-order valence-corrected chi connectivity index (χ0v) is 13.8. The van der Waals surface area contributed by atoms with Gasteiger partial charge in [-0.15, -0.1) is 0 Å². The van der Waals surface area contributed by atoms with Crippen molar-refractivity contribution in [2.45, 2.75) is 0 Å². The van der Waals surface area contributed by atoms with Gasteiger partial charge in [0.15, 0.2) is 0 Å². The van der Waals surface area contributed by atoms with Crippen molar-refractivity contribution in [3.8, 4) is 0 Å². The molecule has 0 rings (SSSR count). The third kappa shape index (κ3) is 17.7. The van der Waals surface area contributed by atoms with Crippen LogP contribution in [-0.2, 0) is 0 Å². The van der Waals surface area contributed by atoms with Crippen LogP contribution in [0.15, 0.2) is 0 Å². The average molecular weight is 350 g/mol. The molecule has 24 valence electrons. The number of rotatable bonds is 0. The maximum atomic E-state index is 0. The van der Waals surface area contributed by atoms with Crippen molar-refractivity contribution in [1.82, 2.24) is 0 Å². The largest absolute Gasteiger partial charge is 1.00 e. The van der Waals surface area contributed by atoms with Crippen LogP contribution in [0.25, 0.3) is 0 Å². The molecule has 0 aliphatic heterocycles. The van der Waals surface area contributed by atoms with Crippen LogP contribution in [0.2, 0.25) is 0 Å². The second-order valence-electron chi connectivity index (χ2n) is 0. The molecular formula is H2I2K2O. The van der Waals surface area contributed by atoms with Crippen LogP contribution in [0.5, 0.6) is 0 Å². The molecule has 0 aromatic carbocycles. The second-order valence-corrected chi connectivity index (χ2v) is 0. The maximum Gasteiger partial charge on any atom is 1.00 e. The molecule has 0 bridgehead atoms. The third-order valence-corrected chi connectivity index (χ3v) is 0. The van der Waals surface area contributed by atoms with Crippen molar-refractivity contribution in [3.63, 3.8) is 0 Å². The maximum absolute atomic E-state index is 0. The van der Waals surface area contributed by atoms with E-state index in [4.69, 9.17) is 0 Å². The first-order valence-corrected chi connectivity index (χ1v) is 0. The fraction of sp³-hybridized carbons (Fsp3) is 0. The van der Waals surface area contributed by atoms with E-state index in [1.165, 1.54) is 0 Å². The molecule has 0 aliphatic carbocycles. The van der Waals surface area contributed by atoms with Crippen molar-refractivity contribution in [1.29, 1.82) is 0 Å². The summed E-state index contributed by atoms with van der Waals surface area (Å²) in [6.07, 6.45) is 0. The molecule has 0 atom stereocenters. The molecule has 0 heterocycles. The molecule has 0 unspecified atom stereocenters. The molecule has 0 amide bonds. The van der Waals surface area contributed by atoms with Crippen LogP contribution < -0.4 is 151 Å². The van der Waals surface area contributed by atoms with Gasteiger partial charge in [-0.3, -0.25) is 0 Å². The Bertz CT molecular complexity index is 7.61. The molecule has 5 heavy (non-hydrogen) atoms. The third-order valence-electron chi connectivity index (χ3n) is 0. The van der Waals surface area contributed by atoms with Crippen molar-refractivity contribution in [3.05, 3.63) is 0 Å². The first kappa shape index (κ1) is 33.3. The Morgan fingerprint density at radius 2 is 0.600 bits per heavy atom. The first-order valence-electron chi connectivity index (χ1n) is 0. The first-order chi connectivity index (χ1) is 0. The summed E-state index contributed by atoms with van der Waals surface area (Å²) < 4.78 is 0. The van der Waals surface area contributed by atoms with Gasteiger partial charge < -0.3 is 53.4 Å². The molecule has 0 radical (unpaired) electrons. The summed E-state index contributed by atoms with van der Waals surface area (Å²) >= 11 is 0. The van der Waals surface area contributed by atoms with Crippen molar-refractivity contribution >= 4 is 0 Å². The summed E-state index contributed by atoms with van der Waals surface area (Å²) in [4.78, 5) is 0. The van der Waals surface area contributed by atoms with Gasteiger partial charge in [-0.2, -0.15) is 0 Å². The topological polar surface area (TPSA) is 31.5 Å². The van der Waals surface area contributed by atoms with Crippen molar-refractivity contribution in [2.75, 3.05) is 0 Å². The van der Waals surface area contributed by atoms with E-state index in [0.29, 0.717) is 0 Å². The quantitative estimate of drug-likeness (QED) is 0.307. The van der Waals surface area contributed by atoms with Gasteiger partial charge in [-0.25, -0.2) is 0 Å². The Labute approximate surface area is 151 Å². The number of hydrogen-bond acceptors (Lipinski definition) is 0. The minimum absolute atomic E-state index is 0. The van der Waals surface area contributed by atoms with Gasteiger partial charge in [0.1, 0.15) is 0 Å². The summed E-state index contributed by atoms with van der Waals surface area (Å²) in [6.45, 7) is 0. The zero-order chi connectivity index (χ0) is 0. The average Bonchev–Trinajstić information content (AvgIpc) is 0. The van der Waals surface area contributed by atoms with Gasteiger partial charge in [0.25, 0.3) is 0 Å². The molecule has 2 N–H and O–H groups in total. The standard InChI is InChI=1S/2HI.2K.H2O/h2*1H;;;1H2/q;;2*+1;/p-2. The fourth-order valence-corrected chi connectivity index (χ4v) is 0. The molecule has 1 nitrogen and oxygen atoms in total. The van der Waals surface area contributed by atoms with E-state index in [0.717, 1.165) is 0 Å². The Morgan fingerprint density at radius 1 is 0.600 bits per heavy atom. The van der Waals surface area contributed by atoms with E-state index >= 15 is 0 Å². The Hall–Kier alpha value is 4.69. The predicted molar refractivity (Wildman–Crippen MR) is 3.61 cm³/mol. The summed E-state index contributed by atoms with van der Waals surface area (Å²) in [6, 6.07) is 0. The van der Waals surface area contributed by atoms with E-state index in [-0.39, 0.29) is 156 Å². The van der Waals surface area contributed by atoms with E-state index in [1.807, 2.05) is 0 Å². The minimum Gasteiger partial charge on any atom is -1.00 e. The van der Waals surface area contributed by atoms with Gasteiger partial charge in [0.2, 0.25) is 0 Å². The molecular weight excluding hydrogens is 348 g/mol. The summed E-state index contributed by atoms with van der Waals surface area (Å²) in [5, 5.41) is 0. The number of halogens is 2. The van der Waals surface area contributed by atoms with Gasteiger partial charge in [-0.1, -0.05) is 0 Å². The second kappa shape index (κ2) is 23.4. The van der Waals surface area contributed by atoms with Crippen LogP contribution in [0, 0.1) is 0 Å². The molecule has 0 fully saturated rings. The molecule has 0 aromatic rings. The Morgan fingerprint density at radius 3 is 0.600 bits per heavy atom. The van der Waals surface area contributed by atoms with Crippen LogP contribution >= 0.6 is 0 Å². The Balaban J connectivity index is 0. The van der Waals surface area contributed by atoms with E-state index in [9.17, 15) is 0 Å². The smallest absolute Gasteiger partial charge is 1.00 e. The monoisotopic (exact) mass is 350 g/mol. The molecule has 0 saturated heterocycles. The van der Waals surface area contributed by atoms with Crippen LogP contribution in [0.1, 0.15) is 0 Å². The van der Waals surface area contributed by atoms with Crippen molar-refractivity contribution in [2.24, 2.45) is 0 Å². The van der Waals surface area contributed by atoms with Gasteiger partial charge in [0.05, 0.1) is 0 Å². The Kier molecular flexibility index (Phi) is 155. The van der Waals surface area contributed by atoms with E-state index in [1.54, 1.807) is 0 Å². The fourth-order valence-electron chi connectivity index (χ4n) is 0. The summed E-state index contributed by atoms with van der Waals surface area (Å²) in [7, 11) is 0. The van der Waals surface area contributed by atoms with E-state index < -0.39 is 0 Å². The molecule has 0 aromatic heterocycles. The van der Waals surface area contributed by atoms with Gasteiger partial charge in [0, 0.05) is 0 Å². The molecule has 0 saturated carbocycles. The zero-order valence-electron chi connectivity index (χ0n) is 3.26. The minimum atomic E-state index is 0. The van der Waals surface area contributed by atoms with Crippen LogP contribution in [-0.4, -0.2) is 5.48 Å². The summed E-state index contributed by atoms with van der Waals surface area (Å²) in [5.41, 5.74) is 0. The normalized spacial score (nSPS) is 0. The van der Waals surface area contributed by atoms with E-state index in [2.05, 4.69) is 0 Å². The molecule has 0 aliphatic rings. The van der Waals surface area contributed by atoms with Crippen LogP contribution in [0.4, 0.5) is 0 Å². The predicted octanol–water partition coefficient (Wildman–Crippen LogP) is -12.8. The van der Waals surface area contributed by atoms with Gasteiger partial charge >= 0.3 is 103 Å². The van der Waals surface area contributed by atoms with Crippen molar-refractivity contribution < 1.29 is 156 Å². The van der Waals surface area contributed by atoms with Crippen LogP contribution in [0.3, 0.4) is 0 Å². The SMILES string of the molecule is O.[I-].[I-].[K+].[K+]. The van der Waals surface area contributed by atoms with Gasteiger partial charge in [-0.05, 0) is 0 Å².